The maximum atomic E-state index is 13.4. The van der Waals surface area contributed by atoms with Crippen LogP contribution in [-0.2, 0) is 10.0 Å². The molecule has 1 unspecified atom stereocenters. The SMILES string of the molecule is CCC(C)(CCl)NS(=O)(=O)c1ccccc1F. The van der Waals surface area contributed by atoms with E-state index in [0.717, 1.165) is 6.07 Å². The van der Waals surface area contributed by atoms with Crippen molar-refractivity contribution in [3.63, 3.8) is 0 Å². The van der Waals surface area contributed by atoms with Crippen molar-refractivity contribution in [3.05, 3.63) is 30.1 Å². The van der Waals surface area contributed by atoms with Crippen LogP contribution in [0.4, 0.5) is 4.39 Å². The van der Waals surface area contributed by atoms with Crippen LogP contribution in [0, 0.1) is 5.82 Å². The molecule has 6 heteroatoms. The first-order valence-electron chi connectivity index (χ1n) is 5.19. The summed E-state index contributed by atoms with van der Waals surface area (Å²) in [5, 5.41) is 0. The van der Waals surface area contributed by atoms with Crippen molar-refractivity contribution in [2.75, 3.05) is 5.88 Å². The Bertz CT molecular complexity index is 486. The summed E-state index contributed by atoms with van der Waals surface area (Å²) >= 11 is 5.72. The molecule has 1 atom stereocenters. The Kier molecular flexibility index (Phi) is 4.52. The predicted octanol–water partition coefficient (Wildman–Crippen LogP) is 2.51. The molecule has 0 saturated heterocycles. The van der Waals surface area contributed by atoms with E-state index in [2.05, 4.69) is 4.72 Å². The van der Waals surface area contributed by atoms with Gasteiger partial charge in [0.1, 0.15) is 10.7 Å². The van der Waals surface area contributed by atoms with Crippen LogP contribution in [0.25, 0.3) is 0 Å². The third kappa shape index (κ3) is 3.40. The molecule has 0 aromatic heterocycles. The molecule has 0 saturated carbocycles. The molecule has 1 aromatic carbocycles. The fourth-order valence-corrected chi connectivity index (χ4v) is 3.13. The number of rotatable bonds is 5. The molecule has 0 aliphatic rings. The van der Waals surface area contributed by atoms with E-state index >= 15 is 0 Å². The van der Waals surface area contributed by atoms with Crippen LogP contribution in [0.1, 0.15) is 20.3 Å². The smallest absolute Gasteiger partial charge is 0.207 e. The first kappa shape index (κ1) is 14.4. The molecule has 1 rings (SSSR count). The van der Waals surface area contributed by atoms with Gasteiger partial charge in [-0.15, -0.1) is 11.6 Å². The van der Waals surface area contributed by atoms with Gasteiger partial charge in [-0.1, -0.05) is 19.1 Å². The monoisotopic (exact) mass is 279 g/mol. The van der Waals surface area contributed by atoms with Crippen molar-refractivity contribution < 1.29 is 12.8 Å². The van der Waals surface area contributed by atoms with Gasteiger partial charge < -0.3 is 0 Å². The average molecular weight is 280 g/mol. The molecule has 0 aliphatic carbocycles. The zero-order valence-electron chi connectivity index (χ0n) is 9.70. The lowest BCUT2D eigenvalue weighted by Crippen LogP contribution is -2.47. The van der Waals surface area contributed by atoms with Gasteiger partial charge in [-0.2, -0.15) is 0 Å². The van der Waals surface area contributed by atoms with E-state index in [0.29, 0.717) is 6.42 Å². The Morgan fingerprint density at radius 1 is 1.41 bits per heavy atom. The van der Waals surface area contributed by atoms with Crippen molar-refractivity contribution in [3.8, 4) is 0 Å². The van der Waals surface area contributed by atoms with Crippen LogP contribution >= 0.6 is 11.6 Å². The van der Waals surface area contributed by atoms with Gasteiger partial charge in [-0.05, 0) is 25.5 Å². The van der Waals surface area contributed by atoms with E-state index < -0.39 is 21.4 Å². The molecule has 0 heterocycles. The van der Waals surface area contributed by atoms with Gasteiger partial charge in [0.15, 0.2) is 0 Å². The number of hydrogen-bond donors (Lipinski definition) is 1. The molecule has 1 N–H and O–H groups in total. The Hall–Kier alpha value is -0.650. The first-order chi connectivity index (χ1) is 7.84. The van der Waals surface area contributed by atoms with Gasteiger partial charge >= 0.3 is 0 Å². The molecule has 0 radical (unpaired) electrons. The normalized spacial score (nSPS) is 15.5. The van der Waals surface area contributed by atoms with E-state index in [9.17, 15) is 12.8 Å². The molecule has 0 fully saturated rings. The number of nitrogens with one attached hydrogen (secondary N) is 1. The Morgan fingerprint density at radius 2 is 2.00 bits per heavy atom. The van der Waals surface area contributed by atoms with Crippen molar-refractivity contribution in [2.45, 2.75) is 30.7 Å². The number of hydrogen-bond acceptors (Lipinski definition) is 2. The molecule has 3 nitrogen and oxygen atoms in total. The van der Waals surface area contributed by atoms with Crippen molar-refractivity contribution in [1.82, 2.24) is 4.72 Å². The van der Waals surface area contributed by atoms with E-state index in [1.165, 1.54) is 18.2 Å². The fraction of sp³-hybridized carbons (Fsp3) is 0.455. The third-order valence-corrected chi connectivity index (χ3v) is 4.84. The maximum absolute atomic E-state index is 13.4. The van der Waals surface area contributed by atoms with Crippen LogP contribution in [0.2, 0.25) is 0 Å². The highest BCUT2D eigenvalue weighted by Crippen LogP contribution is 2.19. The Morgan fingerprint density at radius 3 is 2.47 bits per heavy atom. The second-order valence-electron chi connectivity index (χ2n) is 4.08. The average Bonchev–Trinajstić information content (AvgIpc) is 2.28. The standard InChI is InChI=1S/C11H15ClFNO2S/c1-3-11(2,8-12)14-17(15,16)10-7-5-4-6-9(10)13/h4-7,14H,3,8H2,1-2H3. The number of sulfonamides is 1. The van der Waals surface area contributed by atoms with Crippen molar-refractivity contribution >= 4 is 21.6 Å². The highest BCUT2D eigenvalue weighted by molar-refractivity contribution is 7.89. The minimum absolute atomic E-state index is 0.122. The lowest BCUT2D eigenvalue weighted by Gasteiger charge is -2.26. The summed E-state index contributed by atoms with van der Waals surface area (Å²) in [6.45, 7) is 3.49. The molecular formula is C11H15ClFNO2S. The number of halogens is 2. The maximum Gasteiger partial charge on any atom is 0.244 e. The van der Waals surface area contributed by atoms with Crippen molar-refractivity contribution in [2.24, 2.45) is 0 Å². The van der Waals surface area contributed by atoms with Crippen LogP contribution in [0.15, 0.2) is 29.2 Å². The molecule has 96 valence electrons. The Labute approximate surface area is 106 Å². The quantitative estimate of drug-likeness (QED) is 0.842. The van der Waals surface area contributed by atoms with Gasteiger partial charge in [-0.25, -0.2) is 17.5 Å². The summed E-state index contributed by atoms with van der Waals surface area (Å²) in [7, 11) is -3.88. The summed E-state index contributed by atoms with van der Waals surface area (Å²) in [6, 6.07) is 5.25. The summed E-state index contributed by atoms with van der Waals surface area (Å²) in [4.78, 5) is -0.357. The van der Waals surface area contributed by atoms with Crippen LogP contribution in [0.3, 0.4) is 0 Å². The van der Waals surface area contributed by atoms with E-state index in [1.807, 2.05) is 6.92 Å². The number of alkyl halides is 1. The molecule has 17 heavy (non-hydrogen) atoms. The number of benzene rings is 1. The van der Waals surface area contributed by atoms with Gasteiger partial charge in [0.25, 0.3) is 0 Å². The summed E-state index contributed by atoms with van der Waals surface area (Å²) in [6.07, 6.45) is 0.518. The molecule has 1 aromatic rings. The minimum atomic E-state index is -3.88. The predicted molar refractivity (Wildman–Crippen MR) is 66.1 cm³/mol. The third-order valence-electron chi connectivity index (χ3n) is 2.58. The fourth-order valence-electron chi connectivity index (χ4n) is 1.24. The second-order valence-corrected chi connectivity index (χ2v) is 6.00. The minimum Gasteiger partial charge on any atom is -0.207 e. The molecule has 0 aliphatic heterocycles. The second kappa shape index (κ2) is 5.33. The zero-order chi connectivity index (χ0) is 13.1. The van der Waals surface area contributed by atoms with Gasteiger partial charge in [0.05, 0.1) is 0 Å². The molecule has 0 amide bonds. The Balaban J connectivity index is 3.10. The summed E-state index contributed by atoms with van der Waals surface area (Å²) in [5.41, 5.74) is -0.775. The van der Waals surface area contributed by atoms with Crippen LogP contribution in [-0.4, -0.2) is 19.8 Å². The van der Waals surface area contributed by atoms with E-state index in [-0.39, 0.29) is 10.8 Å². The lowest BCUT2D eigenvalue weighted by atomic mass is 10.0. The lowest BCUT2D eigenvalue weighted by molar-refractivity contribution is 0.442. The largest absolute Gasteiger partial charge is 0.244 e. The molecular weight excluding hydrogens is 265 g/mol. The highest BCUT2D eigenvalue weighted by atomic mass is 35.5. The van der Waals surface area contributed by atoms with Gasteiger partial charge in [0.2, 0.25) is 10.0 Å². The topological polar surface area (TPSA) is 46.2 Å². The van der Waals surface area contributed by atoms with Crippen molar-refractivity contribution in [1.29, 1.82) is 0 Å². The summed E-state index contributed by atoms with van der Waals surface area (Å²) in [5.74, 6) is -0.648. The first-order valence-corrected chi connectivity index (χ1v) is 7.21. The van der Waals surface area contributed by atoms with Gasteiger partial charge in [0, 0.05) is 11.4 Å². The van der Waals surface area contributed by atoms with E-state index in [1.54, 1.807) is 6.92 Å². The molecule has 0 bridgehead atoms. The summed E-state index contributed by atoms with van der Waals surface area (Å²) < 4.78 is 39.8. The van der Waals surface area contributed by atoms with E-state index in [4.69, 9.17) is 11.6 Å². The van der Waals surface area contributed by atoms with Crippen LogP contribution < -0.4 is 4.72 Å². The van der Waals surface area contributed by atoms with Crippen LogP contribution in [0.5, 0.6) is 0 Å². The highest BCUT2D eigenvalue weighted by Gasteiger charge is 2.29. The van der Waals surface area contributed by atoms with Gasteiger partial charge in [-0.3, -0.25) is 0 Å². The zero-order valence-corrected chi connectivity index (χ0v) is 11.3. The molecule has 0 spiro atoms.